The van der Waals surface area contributed by atoms with Crippen LogP contribution in [0.15, 0.2) is 42.5 Å². The first-order valence-corrected chi connectivity index (χ1v) is 13.8. The van der Waals surface area contributed by atoms with Crippen molar-refractivity contribution in [2.24, 2.45) is 0 Å². The minimum Gasteiger partial charge on any atom is -0.486 e. The van der Waals surface area contributed by atoms with Gasteiger partial charge in [0, 0.05) is 24.9 Å². The Morgan fingerprint density at radius 2 is 1.63 bits per heavy atom. The number of benzene rings is 2. The molecule has 7 heteroatoms. The summed E-state index contributed by atoms with van der Waals surface area (Å²) in [7, 11) is 0.287. The van der Waals surface area contributed by atoms with Crippen LogP contribution in [0.1, 0.15) is 60.9 Å². The maximum atomic E-state index is 13.0. The molecule has 2 heterocycles. The first-order chi connectivity index (χ1) is 17.1. The van der Waals surface area contributed by atoms with Gasteiger partial charge in [-0.15, -0.1) is 0 Å². The number of likely N-dealkylation sites (tertiary alicyclic amines) is 1. The first kappa shape index (κ1) is 25.8. The van der Waals surface area contributed by atoms with E-state index >= 15 is 0 Å². The van der Waals surface area contributed by atoms with Crippen molar-refractivity contribution in [3.63, 3.8) is 0 Å². The molecule has 4 rings (SSSR count). The Labute approximate surface area is 209 Å². The van der Waals surface area contributed by atoms with E-state index < -0.39 is 0 Å². The van der Waals surface area contributed by atoms with Gasteiger partial charge in [-0.25, -0.2) is 4.39 Å². The highest BCUT2D eigenvalue weighted by atomic mass is 31.1. The van der Waals surface area contributed by atoms with Crippen molar-refractivity contribution in [1.29, 1.82) is 0 Å². The number of unbranched alkanes of at least 4 members (excludes halogenated alkanes) is 2. The summed E-state index contributed by atoms with van der Waals surface area (Å²) >= 11 is 0. The van der Waals surface area contributed by atoms with Crippen LogP contribution in [-0.4, -0.2) is 54.7 Å². The summed E-state index contributed by atoms with van der Waals surface area (Å²) in [4.78, 5) is 27.6. The van der Waals surface area contributed by atoms with Crippen molar-refractivity contribution < 1.29 is 23.5 Å². The smallest absolute Gasteiger partial charge is 0.162 e. The van der Waals surface area contributed by atoms with Gasteiger partial charge in [0.05, 0.1) is 0 Å². The van der Waals surface area contributed by atoms with Crippen LogP contribution in [0, 0.1) is 5.82 Å². The predicted octanol–water partition coefficient (Wildman–Crippen LogP) is 5.64. The molecule has 0 aliphatic carbocycles. The number of ether oxygens (including phenoxy) is 2. The van der Waals surface area contributed by atoms with Crippen molar-refractivity contribution >= 4 is 19.9 Å². The highest BCUT2D eigenvalue weighted by Crippen LogP contribution is 2.34. The van der Waals surface area contributed by atoms with Gasteiger partial charge < -0.3 is 14.4 Å². The topological polar surface area (TPSA) is 55.8 Å². The van der Waals surface area contributed by atoms with E-state index in [-0.39, 0.29) is 20.2 Å². The monoisotopic (exact) mass is 499 g/mol. The van der Waals surface area contributed by atoms with E-state index in [9.17, 15) is 14.0 Å². The molecule has 0 N–H and O–H groups in total. The number of fused-ring (bicyclic) bond motifs is 1. The molecule has 2 aliphatic rings. The lowest BCUT2D eigenvalue weighted by Gasteiger charge is -2.24. The molecule has 1 saturated heterocycles. The fraction of sp³-hybridized carbons (Fsp3) is 0.500. The van der Waals surface area contributed by atoms with Gasteiger partial charge in [-0.1, -0.05) is 12.5 Å². The molecule has 0 bridgehead atoms. The van der Waals surface area contributed by atoms with E-state index in [0.717, 1.165) is 56.8 Å². The number of Topliss-reactive ketones (excluding diaryl/α,β-unsaturated/α-hetero) is 1. The number of halogens is 1. The quantitative estimate of drug-likeness (QED) is 0.203. The normalized spacial score (nSPS) is 16.6. The predicted molar refractivity (Wildman–Crippen MR) is 138 cm³/mol. The molecule has 2 aromatic carbocycles. The van der Waals surface area contributed by atoms with E-state index in [0.29, 0.717) is 42.8 Å². The maximum Gasteiger partial charge on any atom is 0.162 e. The van der Waals surface area contributed by atoms with Gasteiger partial charge in [-0.05, 0) is 101 Å². The molecule has 2 aliphatic heterocycles. The van der Waals surface area contributed by atoms with Gasteiger partial charge >= 0.3 is 0 Å². The number of rotatable bonds is 13. The minimum atomic E-state index is -0.335. The fourth-order valence-corrected chi connectivity index (χ4v) is 6.23. The number of hydrogen-bond donors (Lipinski definition) is 0. The summed E-state index contributed by atoms with van der Waals surface area (Å²) in [6.07, 6.45) is 6.76. The zero-order valence-electron chi connectivity index (χ0n) is 20.3. The molecule has 0 radical (unpaired) electrons. The van der Waals surface area contributed by atoms with Crippen LogP contribution in [0.5, 0.6) is 11.5 Å². The van der Waals surface area contributed by atoms with Crippen molar-refractivity contribution in [3.8, 4) is 11.5 Å². The molecule has 35 heavy (non-hydrogen) atoms. The number of ketones is 1. The molecule has 2 atom stereocenters. The van der Waals surface area contributed by atoms with Crippen molar-refractivity contribution in [2.75, 3.05) is 32.8 Å². The Balaban J connectivity index is 1.22. The Morgan fingerprint density at radius 3 is 2.40 bits per heavy atom. The molecule has 0 amide bonds. The molecule has 0 saturated carbocycles. The van der Waals surface area contributed by atoms with Gasteiger partial charge in [-0.2, -0.15) is 0 Å². The van der Waals surface area contributed by atoms with E-state index in [4.69, 9.17) is 9.47 Å². The summed E-state index contributed by atoms with van der Waals surface area (Å²) in [5, 5.41) is 0. The molecule has 2 aromatic rings. The highest BCUT2D eigenvalue weighted by Gasteiger charge is 2.21. The second-order valence-corrected chi connectivity index (χ2v) is 11.1. The summed E-state index contributed by atoms with van der Waals surface area (Å²) in [6.45, 7) is 4.37. The molecule has 1 fully saturated rings. The lowest BCUT2D eigenvalue weighted by molar-refractivity contribution is -0.111. The van der Waals surface area contributed by atoms with E-state index in [1.165, 1.54) is 42.7 Å². The van der Waals surface area contributed by atoms with Gasteiger partial charge in [0.1, 0.15) is 19.0 Å². The average molecular weight is 500 g/mol. The zero-order chi connectivity index (χ0) is 24.5. The third kappa shape index (κ3) is 8.12. The number of hydrogen-bond acceptors (Lipinski definition) is 5. The second kappa shape index (κ2) is 13.1. The van der Waals surface area contributed by atoms with Crippen molar-refractivity contribution in [1.82, 2.24) is 4.90 Å². The van der Waals surface area contributed by atoms with Gasteiger partial charge in [-0.3, -0.25) is 9.59 Å². The molecule has 0 aromatic heterocycles. The summed E-state index contributed by atoms with van der Waals surface area (Å²) < 4.78 is 24.4. The summed E-state index contributed by atoms with van der Waals surface area (Å²) in [5.74, 6) is 1.30. The average Bonchev–Trinajstić information content (AvgIpc) is 3.37. The molecular formula is C28H35FNO4P. The first-order valence-electron chi connectivity index (χ1n) is 12.8. The molecule has 0 spiro atoms. The highest BCUT2D eigenvalue weighted by molar-refractivity contribution is 7.58. The van der Waals surface area contributed by atoms with Crippen LogP contribution in [0.4, 0.5) is 4.39 Å². The number of carbonyl (C=O) groups excluding carboxylic acids is 2. The molecule has 2 unspecified atom stereocenters. The van der Waals surface area contributed by atoms with Crippen LogP contribution in [-0.2, 0) is 11.2 Å². The molecule has 5 nitrogen and oxygen atoms in total. The van der Waals surface area contributed by atoms with Crippen LogP contribution in [0.25, 0.3) is 0 Å². The maximum absolute atomic E-state index is 13.0. The standard InChI is InChI=1S/C28H35FNO4P/c29-23-11-9-22(10-12-23)25(31)6-2-1-3-7-28(32)35-24(20-30-14-4-5-15-30)18-21-8-13-26-27(19-21)34-17-16-33-26/h8-13,19,24,35H,1-7,14-18,20H2. The second-order valence-electron chi connectivity index (χ2n) is 9.45. The lowest BCUT2D eigenvalue weighted by Crippen LogP contribution is -2.29. The van der Waals surface area contributed by atoms with Crippen LogP contribution < -0.4 is 9.47 Å². The van der Waals surface area contributed by atoms with Crippen LogP contribution >= 0.6 is 8.58 Å². The summed E-state index contributed by atoms with van der Waals surface area (Å²) in [6, 6.07) is 11.8. The Hall–Kier alpha value is -2.30. The zero-order valence-corrected chi connectivity index (χ0v) is 21.3. The fourth-order valence-electron chi connectivity index (χ4n) is 4.77. The van der Waals surface area contributed by atoms with Gasteiger partial charge in [0.15, 0.2) is 22.8 Å². The van der Waals surface area contributed by atoms with Crippen LogP contribution in [0.2, 0.25) is 0 Å². The van der Waals surface area contributed by atoms with Crippen LogP contribution in [0.3, 0.4) is 0 Å². The van der Waals surface area contributed by atoms with Crippen molar-refractivity contribution in [2.45, 2.75) is 57.0 Å². The van der Waals surface area contributed by atoms with E-state index in [2.05, 4.69) is 17.0 Å². The van der Waals surface area contributed by atoms with Gasteiger partial charge in [0.25, 0.3) is 0 Å². The van der Waals surface area contributed by atoms with Crippen molar-refractivity contribution in [3.05, 3.63) is 59.4 Å². The Morgan fingerprint density at radius 1 is 0.914 bits per heavy atom. The lowest BCUT2D eigenvalue weighted by atomic mass is 10.0. The summed E-state index contributed by atoms with van der Waals surface area (Å²) in [5.41, 5.74) is 2.38. The SMILES string of the molecule is O=C(CCCCCC(=O)c1ccc(F)cc1)PC(Cc1ccc2c(c1)OCCO2)CN1CCCC1. The third-order valence-electron chi connectivity index (χ3n) is 6.60. The molecular weight excluding hydrogens is 464 g/mol. The minimum absolute atomic E-state index is 0.0308. The van der Waals surface area contributed by atoms with E-state index in [1.54, 1.807) is 0 Å². The molecule has 188 valence electrons. The number of carbonyl (C=O) groups is 2. The number of nitrogens with zero attached hydrogens (tertiary/aromatic N) is 1. The Kier molecular flexibility index (Phi) is 9.67. The largest absolute Gasteiger partial charge is 0.486 e. The third-order valence-corrected chi connectivity index (χ3v) is 7.97. The van der Waals surface area contributed by atoms with E-state index in [1.807, 2.05) is 6.07 Å². The Bertz CT molecular complexity index is 991. The van der Waals surface area contributed by atoms with Gasteiger partial charge in [0.2, 0.25) is 0 Å².